The topological polar surface area (TPSA) is 42.0 Å². The van der Waals surface area contributed by atoms with Crippen molar-refractivity contribution in [2.75, 3.05) is 0 Å². The number of benzene rings is 2. The van der Waals surface area contributed by atoms with Crippen LogP contribution in [0.15, 0.2) is 65.8 Å². The lowest BCUT2D eigenvalue weighted by Gasteiger charge is -2.10. The van der Waals surface area contributed by atoms with Crippen LogP contribution in [0.4, 0.5) is 4.39 Å². The Bertz CT molecular complexity index is 968. The molecule has 1 heterocycles. The Morgan fingerprint density at radius 3 is 2.67 bits per heavy atom. The summed E-state index contributed by atoms with van der Waals surface area (Å²) in [6.45, 7) is 0.318. The molecule has 0 spiro atoms. The highest BCUT2D eigenvalue weighted by Crippen LogP contribution is 2.25. The molecule has 27 heavy (non-hydrogen) atoms. The van der Waals surface area contributed by atoms with Gasteiger partial charge in [-0.2, -0.15) is 0 Å². The van der Waals surface area contributed by atoms with Gasteiger partial charge in [0.05, 0.1) is 15.6 Å². The SMILES string of the molecule is O=C(NCc1ccc(Cl)c(Cl)c1)c1cccnc1SCc1cccc(F)c1. The van der Waals surface area contributed by atoms with E-state index in [0.717, 1.165) is 11.1 Å². The molecule has 0 unspecified atom stereocenters. The van der Waals surface area contributed by atoms with E-state index in [1.165, 1.54) is 23.9 Å². The highest BCUT2D eigenvalue weighted by atomic mass is 35.5. The van der Waals surface area contributed by atoms with Crippen molar-refractivity contribution in [3.8, 4) is 0 Å². The third kappa shape index (κ3) is 5.45. The second kappa shape index (κ2) is 9.22. The van der Waals surface area contributed by atoms with Crippen molar-refractivity contribution in [3.63, 3.8) is 0 Å². The second-order valence-electron chi connectivity index (χ2n) is 5.71. The number of amides is 1. The molecular weight excluding hydrogens is 406 g/mol. The van der Waals surface area contributed by atoms with Gasteiger partial charge in [-0.3, -0.25) is 4.79 Å². The molecule has 0 saturated carbocycles. The van der Waals surface area contributed by atoms with Gasteiger partial charge in [0.1, 0.15) is 10.8 Å². The molecule has 0 aliphatic rings. The largest absolute Gasteiger partial charge is 0.348 e. The van der Waals surface area contributed by atoms with Crippen LogP contribution in [-0.2, 0) is 12.3 Å². The molecule has 3 nitrogen and oxygen atoms in total. The maximum Gasteiger partial charge on any atom is 0.254 e. The van der Waals surface area contributed by atoms with E-state index in [2.05, 4.69) is 10.3 Å². The van der Waals surface area contributed by atoms with E-state index in [-0.39, 0.29) is 11.7 Å². The van der Waals surface area contributed by atoms with Crippen molar-refractivity contribution in [2.45, 2.75) is 17.3 Å². The minimum Gasteiger partial charge on any atom is -0.348 e. The predicted octanol–water partition coefficient (Wildman–Crippen LogP) is 5.75. The average Bonchev–Trinajstić information content (AvgIpc) is 2.67. The van der Waals surface area contributed by atoms with E-state index in [1.54, 1.807) is 42.6 Å². The van der Waals surface area contributed by atoms with Crippen LogP contribution < -0.4 is 5.32 Å². The number of carbonyl (C=O) groups excluding carboxylic acids is 1. The third-order valence-corrected chi connectivity index (χ3v) is 5.53. The maximum absolute atomic E-state index is 13.3. The summed E-state index contributed by atoms with van der Waals surface area (Å²) < 4.78 is 13.3. The lowest BCUT2D eigenvalue weighted by atomic mass is 10.2. The number of hydrogen-bond acceptors (Lipinski definition) is 3. The molecule has 0 aliphatic carbocycles. The van der Waals surface area contributed by atoms with Gasteiger partial charge < -0.3 is 5.32 Å². The minimum atomic E-state index is -0.284. The highest BCUT2D eigenvalue weighted by Gasteiger charge is 2.13. The Hall–Kier alpha value is -2.08. The van der Waals surface area contributed by atoms with Gasteiger partial charge in [0.15, 0.2) is 0 Å². The fourth-order valence-electron chi connectivity index (χ4n) is 2.38. The Morgan fingerprint density at radius 2 is 1.89 bits per heavy atom. The predicted molar refractivity (Wildman–Crippen MR) is 108 cm³/mol. The molecule has 0 radical (unpaired) electrons. The second-order valence-corrected chi connectivity index (χ2v) is 7.48. The summed E-state index contributed by atoms with van der Waals surface area (Å²) in [6, 6.07) is 15.0. The molecule has 0 bridgehead atoms. The van der Waals surface area contributed by atoms with Gasteiger partial charge in [0.2, 0.25) is 0 Å². The van der Waals surface area contributed by atoms with Crippen molar-refractivity contribution >= 4 is 40.9 Å². The zero-order valence-corrected chi connectivity index (χ0v) is 16.4. The van der Waals surface area contributed by atoms with Crippen molar-refractivity contribution in [1.82, 2.24) is 10.3 Å². The van der Waals surface area contributed by atoms with Gasteiger partial charge in [-0.1, -0.05) is 41.4 Å². The number of hydrogen-bond donors (Lipinski definition) is 1. The molecule has 0 aliphatic heterocycles. The molecule has 3 aromatic rings. The summed E-state index contributed by atoms with van der Waals surface area (Å²) in [5, 5.41) is 4.36. The summed E-state index contributed by atoms with van der Waals surface area (Å²) in [7, 11) is 0. The molecule has 138 valence electrons. The van der Waals surface area contributed by atoms with Gasteiger partial charge in [0, 0.05) is 18.5 Å². The number of nitrogens with zero attached hydrogens (tertiary/aromatic N) is 1. The van der Waals surface area contributed by atoms with Crippen molar-refractivity contribution in [3.05, 3.63) is 93.3 Å². The van der Waals surface area contributed by atoms with Crippen LogP contribution in [0.5, 0.6) is 0 Å². The molecule has 3 rings (SSSR count). The van der Waals surface area contributed by atoms with Crippen LogP contribution in [0.2, 0.25) is 10.0 Å². The molecule has 0 fully saturated rings. The normalized spacial score (nSPS) is 10.6. The zero-order chi connectivity index (χ0) is 19.2. The van der Waals surface area contributed by atoms with E-state index >= 15 is 0 Å². The van der Waals surface area contributed by atoms with Crippen LogP contribution in [0.25, 0.3) is 0 Å². The molecule has 7 heteroatoms. The number of pyridine rings is 1. The minimum absolute atomic E-state index is 0.240. The monoisotopic (exact) mass is 420 g/mol. The Kier molecular flexibility index (Phi) is 6.72. The number of carbonyl (C=O) groups is 1. The fraction of sp³-hybridized carbons (Fsp3) is 0.100. The molecule has 1 aromatic heterocycles. The standard InChI is InChI=1S/C20H15Cl2FN2OS/c21-17-7-6-13(10-18(17)22)11-25-19(26)16-5-2-8-24-20(16)27-12-14-3-1-4-15(23)9-14/h1-10H,11-12H2,(H,25,26). The first-order valence-corrected chi connectivity index (χ1v) is 9.81. The fourth-order valence-corrected chi connectivity index (χ4v) is 3.64. The summed E-state index contributed by atoms with van der Waals surface area (Å²) in [5.41, 5.74) is 2.14. The summed E-state index contributed by atoms with van der Waals surface area (Å²) >= 11 is 13.3. The van der Waals surface area contributed by atoms with Gasteiger partial charge in [-0.15, -0.1) is 11.8 Å². The van der Waals surface area contributed by atoms with Crippen molar-refractivity contribution < 1.29 is 9.18 Å². The van der Waals surface area contributed by atoms with Crippen molar-refractivity contribution in [1.29, 1.82) is 0 Å². The average molecular weight is 421 g/mol. The van der Waals surface area contributed by atoms with Crippen molar-refractivity contribution in [2.24, 2.45) is 0 Å². The summed E-state index contributed by atoms with van der Waals surface area (Å²) in [4.78, 5) is 16.9. The number of halogens is 3. The summed E-state index contributed by atoms with van der Waals surface area (Å²) in [6.07, 6.45) is 1.63. The molecule has 2 aromatic carbocycles. The number of nitrogens with one attached hydrogen (secondary N) is 1. The smallest absolute Gasteiger partial charge is 0.254 e. The van der Waals surface area contributed by atoms with Crippen LogP contribution in [-0.4, -0.2) is 10.9 Å². The Balaban J connectivity index is 1.67. The molecule has 1 amide bonds. The van der Waals surface area contributed by atoms with Crippen LogP contribution in [0.3, 0.4) is 0 Å². The van der Waals surface area contributed by atoms with E-state index < -0.39 is 0 Å². The first kappa shape index (κ1) is 19.7. The van der Waals surface area contributed by atoms with Crippen LogP contribution >= 0.6 is 35.0 Å². The van der Waals surface area contributed by atoms with Gasteiger partial charge >= 0.3 is 0 Å². The highest BCUT2D eigenvalue weighted by molar-refractivity contribution is 7.98. The number of aromatic nitrogens is 1. The molecule has 0 atom stereocenters. The first-order valence-electron chi connectivity index (χ1n) is 8.07. The lowest BCUT2D eigenvalue weighted by Crippen LogP contribution is -2.23. The van der Waals surface area contributed by atoms with E-state index in [1.807, 2.05) is 6.07 Å². The maximum atomic E-state index is 13.3. The van der Waals surface area contributed by atoms with Gasteiger partial charge in [-0.25, -0.2) is 9.37 Å². The molecular formula is C20H15Cl2FN2OS. The van der Waals surface area contributed by atoms with Gasteiger partial charge in [0.25, 0.3) is 5.91 Å². The number of rotatable bonds is 6. The lowest BCUT2D eigenvalue weighted by molar-refractivity contribution is 0.0947. The quantitative estimate of drug-likeness (QED) is 0.516. The Labute approximate surface area is 170 Å². The molecule has 0 saturated heterocycles. The van der Waals surface area contributed by atoms with E-state index in [4.69, 9.17) is 23.2 Å². The zero-order valence-electron chi connectivity index (χ0n) is 14.1. The van der Waals surface area contributed by atoms with Gasteiger partial charge in [-0.05, 0) is 47.5 Å². The number of thioether (sulfide) groups is 1. The molecule has 1 N–H and O–H groups in total. The van der Waals surface area contributed by atoms with E-state index in [0.29, 0.717) is 32.9 Å². The third-order valence-electron chi connectivity index (χ3n) is 3.72. The first-order chi connectivity index (χ1) is 13.0. The van der Waals surface area contributed by atoms with Crippen LogP contribution in [0.1, 0.15) is 21.5 Å². The van der Waals surface area contributed by atoms with E-state index in [9.17, 15) is 9.18 Å². The summed E-state index contributed by atoms with van der Waals surface area (Å²) in [5.74, 6) is -0.00777. The van der Waals surface area contributed by atoms with Crippen LogP contribution in [0, 0.1) is 5.82 Å². The Morgan fingerprint density at radius 1 is 1.04 bits per heavy atom.